The van der Waals surface area contributed by atoms with Crippen LogP contribution in [-0.2, 0) is 4.74 Å². The van der Waals surface area contributed by atoms with Crippen molar-refractivity contribution < 1.29 is 4.74 Å². The fraction of sp³-hybridized carbons (Fsp3) is 1.00. The highest BCUT2D eigenvalue weighted by Crippen LogP contribution is 2.13. The number of rotatable bonds is 3. The fourth-order valence-corrected chi connectivity index (χ4v) is 1.56. The monoisotopic (exact) mass is 172 g/mol. The number of ether oxygens (including phenoxy) is 1. The van der Waals surface area contributed by atoms with E-state index in [1.165, 1.54) is 0 Å². The molecule has 0 saturated carbocycles. The van der Waals surface area contributed by atoms with Gasteiger partial charge in [-0.15, -0.1) is 0 Å². The minimum atomic E-state index is 0.426. The van der Waals surface area contributed by atoms with E-state index in [-0.39, 0.29) is 0 Å². The maximum absolute atomic E-state index is 5.54. The second-order valence-corrected chi connectivity index (χ2v) is 3.75. The molecule has 12 heavy (non-hydrogen) atoms. The van der Waals surface area contributed by atoms with Crippen LogP contribution in [0.3, 0.4) is 0 Å². The van der Waals surface area contributed by atoms with Gasteiger partial charge in [-0.3, -0.25) is 0 Å². The summed E-state index contributed by atoms with van der Waals surface area (Å²) in [5.74, 6) is 0.618. The van der Waals surface area contributed by atoms with Crippen molar-refractivity contribution >= 4 is 0 Å². The summed E-state index contributed by atoms with van der Waals surface area (Å²) in [4.78, 5) is 0. The van der Waals surface area contributed by atoms with Crippen molar-refractivity contribution in [1.82, 2.24) is 5.32 Å². The predicted octanol–water partition coefficient (Wildman–Crippen LogP) is 0.348. The molecular formula is C9H20N2O. The van der Waals surface area contributed by atoms with Crippen LogP contribution in [0.5, 0.6) is 0 Å². The van der Waals surface area contributed by atoms with Gasteiger partial charge in [0, 0.05) is 25.2 Å². The summed E-state index contributed by atoms with van der Waals surface area (Å²) in [5.41, 5.74) is 5.54. The number of hydrogen-bond donors (Lipinski definition) is 2. The number of hydrogen-bond acceptors (Lipinski definition) is 3. The zero-order valence-corrected chi connectivity index (χ0v) is 8.05. The summed E-state index contributed by atoms with van der Waals surface area (Å²) in [7, 11) is 0. The van der Waals surface area contributed by atoms with E-state index in [4.69, 9.17) is 10.5 Å². The van der Waals surface area contributed by atoms with Gasteiger partial charge in [0.15, 0.2) is 0 Å². The van der Waals surface area contributed by atoms with Crippen LogP contribution in [0.4, 0.5) is 0 Å². The molecule has 3 heteroatoms. The molecule has 3 unspecified atom stereocenters. The van der Waals surface area contributed by atoms with E-state index in [0.29, 0.717) is 24.5 Å². The molecule has 0 aliphatic carbocycles. The first-order valence-electron chi connectivity index (χ1n) is 4.78. The van der Waals surface area contributed by atoms with Gasteiger partial charge in [-0.2, -0.15) is 0 Å². The standard InChI is InChI=1S/C9H20N2O/c1-7-6-12-4-3-9(7)11-8(2)5-10/h7-9,11H,3-6,10H2,1-2H3. The Morgan fingerprint density at radius 2 is 2.42 bits per heavy atom. The van der Waals surface area contributed by atoms with Crippen molar-refractivity contribution in [2.24, 2.45) is 11.7 Å². The van der Waals surface area contributed by atoms with Crippen molar-refractivity contribution in [3.63, 3.8) is 0 Å². The molecule has 1 aliphatic rings. The third-order valence-electron chi connectivity index (χ3n) is 2.49. The Morgan fingerprint density at radius 3 is 3.00 bits per heavy atom. The summed E-state index contributed by atoms with van der Waals surface area (Å²) < 4.78 is 5.36. The van der Waals surface area contributed by atoms with Gasteiger partial charge in [0.25, 0.3) is 0 Å². The van der Waals surface area contributed by atoms with Crippen LogP contribution < -0.4 is 11.1 Å². The third kappa shape index (κ3) is 2.73. The van der Waals surface area contributed by atoms with E-state index in [1.807, 2.05) is 0 Å². The fourth-order valence-electron chi connectivity index (χ4n) is 1.56. The van der Waals surface area contributed by atoms with Gasteiger partial charge in [-0.05, 0) is 19.3 Å². The normalized spacial score (nSPS) is 33.2. The molecule has 3 N–H and O–H groups in total. The van der Waals surface area contributed by atoms with Gasteiger partial charge < -0.3 is 15.8 Å². The molecule has 1 rings (SSSR count). The maximum Gasteiger partial charge on any atom is 0.0506 e. The molecule has 0 bridgehead atoms. The van der Waals surface area contributed by atoms with Gasteiger partial charge in [-0.25, -0.2) is 0 Å². The molecule has 1 saturated heterocycles. The molecule has 0 aromatic rings. The van der Waals surface area contributed by atoms with Gasteiger partial charge in [-0.1, -0.05) is 6.92 Å². The molecule has 1 heterocycles. The van der Waals surface area contributed by atoms with E-state index >= 15 is 0 Å². The van der Waals surface area contributed by atoms with Gasteiger partial charge >= 0.3 is 0 Å². The van der Waals surface area contributed by atoms with Crippen molar-refractivity contribution in [1.29, 1.82) is 0 Å². The van der Waals surface area contributed by atoms with Crippen LogP contribution in [0.1, 0.15) is 20.3 Å². The molecule has 1 aliphatic heterocycles. The summed E-state index contributed by atoms with van der Waals surface area (Å²) in [6.45, 7) is 6.83. The highest BCUT2D eigenvalue weighted by Gasteiger charge is 2.22. The van der Waals surface area contributed by atoms with Gasteiger partial charge in [0.2, 0.25) is 0 Å². The van der Waals surface area contributed by atoms with Crippen LogP contribution in [0.2, 0.25) is 0 Å². The Morgan fingerprint density at radius 1 is 1.67 bits per heavy atom. The SMILES string of the molecule is CC(CN)NC1CCOCC1C. The molecule has 0 spiro atoms. The summed E-state index contributed by atoms with van der Waals surface area (Å²) in [6, 6.07) is 1.02. The Hall–Kier alpha value is -0.120. The second kappa shape index (κ2) is 4.80. The van der Waals surface area contributed by atoms with Crippen molar-refractivity contribution in [2.75, 3.05) is 19.8 Å². The first-order chi connectivity index (χ1) is 5.74. The molecule has 0 aromatic carbocycles. The highest BCUT2D eigenvalue weighted by molar-refractivity contribution is 4.79. The van der Waals surface area contributed by atoms with Crippen LogP contribution in [-0.4, -0.2) is 31.8 Å². The lowest BCUT2D eigenvalue weighted by Gasteiger charge is -2.31. The smallest absolute Gasteiger partial charge is 0.0506 e. The highest BCUT2D eigenvalue weighted by atomic mass is 16.5. The third-order valence-corrected chi connectivity index (χ3v) is 2.49. The lowest BCUT2D eigenvalue weighted by Crippen LogP contribution is -2.47. The topological polar surface area (TPSA) is 47.3 Å². The number of nitrogens with one attached hydrogen (secondary N) is 1. The Kier molecular flexibility index (Phi) is 3.98. The van der Waals surface area contributed by atoms with Gasteiger partial charge in [0.1, 0.15) is 0 Å². The molecule has 0 aromatic heterocycles. The molecular weight excluding hydrogens is 152 g/mol. The van der Waals surface area contributed by atoms with Crippen molar-refractivity contribution in [3.8, 4) is 0 Å². The number of nitrogens with two attached hydrogens (primary N) is 1. The molecule has 1 fully saturated rings. The Balaban J connectivity index is 2.28. The van der Waals surface area contributed by atoms with E-state index in [9.17, 15) is 0 Å². The Labute approximate surface area is 74.7 Å². The van der Waals surface area contributed by atoms with Crippen molar-refractivity contribution in [3.05, 3.63) is 0 Å². The predicted molar refractivity (Wildman–Crippen MR) is 50.0 cm³/mol. The van der Waals surface area contributed by atoms with Crippen LogP contribution in [0, 0.1) is 5.92 Å². The van der Waals surface area contributed by atoms with E-state index in [0.717, 1.165) is 19.6 Å². The maximum atomic E-state index is 5.54. The Bertz CT molecular complexity index is 130. The van der Waals surface area contributed by atoms with E-state index in [2.05, 4.69) is 19.2 Å². The van der Waals surface area contributed by atoms with Gasteiger partial charge in [0.05, 0.1) is 6.61 Å². The average Bonchev–Trinajstić information content (AvgIpc) is 2.09. The minimum absolute atomic E-state index is 0.426. The first-order valence-corrected chi connectivity index (χ1v) is 4.78. The van der Waals surface area contributed by atoms with Crippen molar-refractivity contribution in [2.45, 2.75) is 32.4 Å². The van der Waals surface area contributed by atoms with Crippen LogP contribution >= 0.6 is 0 Å². The molecule has 3 atom stereocenters. The summed E-state index contributed by atoms with van der Waals surface area (Å²) >= 11 is 0. The largest absolute Gasteiger partial charge is 0.381 e. The zero-order chi connectivity index (χ0) is 8.97. The lowest BCUT2D eigenvalue weighted by atomic mass is 9.97. The quantitative estimate of drug-likeness (QED) is 0.645. The molecule has 3 nitrogen and oxygen atoms in total. The first kappa shape index (κ1) is 9.96. The van der Waals surface area contributed by atoms with Crippen LogP contribution in [0.15, 0.2) is 0 Å². The van der Waals surface area contributed by atoms with E-state index in [1.54, 1.807) is 0 Å². The molecule has 0 amide bonds. The van der Waals surface area contributed by atoms with E-state index < -0.39 is 0 Å². The lowest BCUT2D eigenvalue weighted by molar-refractivity contribution is 0.0367. The van der Waals surface area contributed by atoms with Crippen LogP contribution in [0.25, 0.3) is 0 Å². The molecule has 0 radical (unpaired) electrons. The second-order valence-electron chi connectivity index (χ2n) is 3.75. The average molecular weight is 172 g/mol. The molecule has 72 valence electrons. The summed E-state index contributed by atoms with van der Waals surface area (Å²) in [5, 5.41) is 3.51. The zero-order valence-electron chi connectivity index (χ0n) is 8.05. The minimum Gasteiger partial charge on any atom is -0.381 e. The summed E-state index contributed by atoms with van der Waals surface area (Å²) in [6.07, 6.45) is 1.12.